The van der Waals surface area contributed by atoms with Crippen molar-refractivity contribution in [1.29, 1.82) is 5.26 Å². The van der Waals surface area contributed by atoms with E-state index in [9.17, 15) is 0 Å². The van der Waals surface area contributed by atoms with Gasteiger partial charge in [0.15, 0.2) is 0 Å². The minimum Gasteiger partial charge on any atom is -0.367 e. The Labute approximate surface area is 90.1 Å². The van der Waals surface area contributed by atoms with Crippen LogP contribution in [0.4, 0.5) is 5.82 Å². The van der Waals surface area contributed by atoms with Crippen LogP contribution in [0.1, 0.15) is 36.9 Å². The number of hydrogen-bond acceptors (Lipinski definition) is 3. The highest BCUT2D eigenvalue weighted by Gasteiger charge is 2.15. The van der Waals surface area contributed by atoms with Crippen LogP contribution in [0.3, 0.4) is 0 Å². The van der Waals surface area contributed by atoms with Crippen LogP contribution in [0, 0.1) is 18.3 Å². The first-order valence-corrected chi connectivity index (χ1v) is 5.43. The number of anilines is 1. The minimum atomic E-state index is 0.547. The molecule has 1 aromatic heterocycles. The quantitative estimate of drug-likeness (QED) is 0.800. The maximum atomic E-state index is 8.84. The fourth-order valence-electron chi connectivity index (χ4n) is 2.09. The van der Waals surface area contributed by atoms with E-state index in [0.29, 0.717) is 11.6 Å². The summed E-state index contributed by atoms with van der Waals surface area (Å²) in [7, 11) is 0. The third-order valence-corrected chi connectivity index (χ3v) is 2.79. The highest BCUT2D eigenvalue weighted by molar-refractivity contribution is 5.45. The van der Waals surface area contributed by atoms with Crippen LogP contribution in [-0.4, -0.2) is 11.0 Å². The fourth-order valence-corrected chi connectivity index (χ4v) is 2.09. The van der Waals surface area contributed by atoms with Gasteiger partial charge in [0.1, 0.15) is 5.82 Å². The molecule has 1 aliphatic rings. The number of nitrogens with one attached hydrogen (secondary N) is 1. The first kappa shape index (κ1) is 9.97. The first-order valence-electron chi connectivity index (χ1n) is 5.43. The number of nitrogens with zero attached hydrogens (tertiary/aromatic N) is 2. The van der Waals surface area contributed by atoms with Gasteiger partial charge in [0.2, 0.25) is 0 Å². The van der Waals surface area contributed by atoms with Gasteiger partial charge in [-0.1, -0.05) is 12.8 Å². The zero-order chi connectivity index (χ0) is 10.7. The molecule has 0 radical (unpaired) electrons. The van der Waals surface area contributed by atoms with E-state index in [-0.39, 0.29) is 0 Å². The number of aromatic nitrogens is 1. The Morgan fingerprint density at radius 2 is 2.13 bits per heavy atom. The number of nitriles is 1. The molecule has 15 heavy (non-hydrogen) atoms. The van der Waals surface area contributed by atoms with Gasteiger partial charge in [0.25, 0.3) is 0 Å². The maximum absolute atomic E-state index is 8.84. The molecule has 1 saturated carbocycles. The van der Waals surface area contributed by atoms with Gasteiger partial charge >= 0.3 is 0 Å². The number of rotatable bonds is 2. The monoisotopic (exact) mass is 201 g/mol. The predicted molar refractivity (Wildman–Crippen MR) is 59.6 cm³/mol. The number of pyridine rings is 1. The summed E-state index contributed by atoms with van der Waals surface area (Å²) < 4.78 is 0. The van der Waals surface area contributed by atoms with Crippen molar-refractivity contribution in [1.82, 2.24) is 4.98 Å². The molecule has 0 bridgehead atoms. The van der Waals surface area contributed by atoms with Crippen LogP contribution in [-0.2, 0) is 0 Å². The van der Waals surface area contributed by atoms with Crippen LogP contribution in [0.5, 0.6) is 0 Å². The van der Waals surface area contributed by atoms with Crippen molar-refractivity contribution < 1.29 is 0 Å². The van der Waals surface area contributed by atoms with Gasteiger partial charge in [-0.25, -0.2) is 4.98 Å². The number of hydrogen-bond donors (Lipinski definition) is 1. The van der Waals surface area contributed by atoms with E-state index in [0.717, 1.165) is 11.5 Å². The Bertz CT molecular complexity index is 386. The molecule has 0 atom stereocenters. The largest absolute Gasteiger partial charge is 0.367 e. The van der Waals surface area contributed by atoms with E-state index in [1.807, 2.05) is 13.0 Å². The fraction of sp³-hybridized carbons (Fsp3) is 0.500. The maximum Gasteiger partial charge on any atom is 0.127 e. The molecular weight excluding hydrogens is 186 g/mol. The molecule has 0 amide bonds. The van der Waals surface area contributed by atoms with Crippen molar-refractivity contribution in [3.8, 4) is 6.07 Å². The molecule has 3 heteroatoms. The summed E-state index contributed by atoms with van der Waals surface area (Å²) in [6.45, 7) is 1.92. The molecule has 3 nitrogen and oxygen atoms in total. The summed E-state index contributed by atoms with van der Waals surface area (Å²) in [4.78, 5) is 4.38. The van der Waals surface area contributed by atoms with Gasteiger partial charge in [0.05, 0.1) is 11.6 Å². The van der Waals surface area contributed by atoms with Gasteiger partial charge in [0, 0.05) is 11.7 Å². The molecule has 0 saturated heterocycles. The van der Waals surface area contributed by atoms with Crippen LogP contribution in [0.25, 0.3) is 0 Å². The summed E-state index contributed by atoms with van der Waals surface area (Å²) >= 11 is 0. The summed E-state index contributed by atoms with van der Waals surface area (Å²) in [5.74, 6) is 0.846. The van der Waals surface area contributed by atoms with Crippen molar-refractivity contribution in [3.63, 3.8) is 0 Å². The molecular formula is C12H15N3. The predicted octanol–water partition coefficient (Wildman–Crippen LogP) is 2.62. The lowest BCUT2D eigenvalue weighted by atomic mass is 10.2. The van der Waals surface area contributed by atoms with Gasteiger partial charge in [-0.2, -0.15) is 5.26 Å². The molecule has 0 unspecified atom stereocenters. The van der Waals surface area contributed by atoms with Crippen molar-refractivity contribution >= 4 is 5.82 Å². The van der Waals surface area contributed by atoms with Gasteiger partial charge in [-0.15, -0.1) is 0 Å². The Morgan fingerprint density at radius 1 is 1.40 bits per heavy atom. The second-order valence-electron chi connectivity index (χ2n) is 4.12. The standard InChI is InChI=1S/C12H15N3/c1-9-6-10(8-13)7-12(14-9)15-11-4-2-3-5-11/h6-7,11H,2-5H2,1H3,(H,14,15). The lowest BCUT2D eigenvalue weighted by Gasteiger charge is -2.12. The van der Waals surface area contributed by atoms with E-state index >= 15 is 0 Å². The van der Waals surface area contributed by atoms with Crippen LogP contribution in [0.15, 0.2) is 12.1 Å². The summed E-state index contributed by atoms with van der Waals surface area (Å²) in [5, 5.41) is 12.2. The molecule has 78 valence electrons. The van der Waals surface area contributed by atoms with Crippen molar-refractivity contribution in [2.75, 3.05) is 5.32 Å². The topological polar surface area (TPSA) is 48.7 Å². The Kier molecular flexibility index (Phi) is 2.86. The number of aryl methyl sites for hydroxylation is 1. The Balaban J connectivity index is 2.13. The second kappa shape index (κ2) is 4.31. The molecule has 0 spiro atoms. The molecule has 0 aromatic carbocycles. The Morgan fingerprint density at radius 3 is 2.80 bits per heavy atom. The average molecular weight is 201 g/mol. The average Bonchev–Trinajstić information content (AvgIpc) is 2.69. The lowest BCUT2D eigenvalue weighted by Crippen LogP contribution is -2.15. The third kappa shape index (κ3) is 2.47. The van der Waals surface area contributed by atoms with Gasteiger partial charge < -0.3 is 5.32 Å². The highest BCUT2D eigenvalue weighted by Crippen LogP contribution is 2.21. The molecule has 2 rings (SSSR count). The SMILES string of the molecule is Cc1cc(C#N)cc(NC2CCCC2)n1. The third-order valence-electron chi connectivity index (χ3n) is 2.79. The van der Waals surface area contributed by atoms with E-state index < -0.39 is 0 Å². The van der Waals surface area contributed by atoms with Crippen molar-refractivity contribution in [3.05, 3.63) is 23.4 Å². The van der Waals surface area contributed by atoms with E-state index in [2.05, 4.69) is 16.4 Å². The zero-order valence-corrected chi connectivity index (χ0v) is 8.95. The van der Waals surface area contributed by atoms with E-state index in [1.54, 1.807) is 6.07 Å². The molecule has 0 aliphatic heterocycles. The highest BCUT2D eigenvalue weighted by atomic mass is 15.0. The normalized spacial score (nSPS) is 16.3. The molecule has 1 aromatic rings. The molecule has 1 N–H and O–H groups in total. The smallest absolute Gasteiger partial charge is 0.127 e. The molecule has 1 aliphatic carbocycles. The van der Waals surface area contributed by atoms with E-state index in [4.69, 9.17) is 5.26 Å². The van der Waals surface area contributed by atoms with Crippen LogP contribution in [0.2, 0.25) is 0 Å². The van der Waals surface area contributed by atoms with Crippen LogP contribution < -0.4 is 5.32 Å². The van der Waals surface area contributed by atoms with Gasteiger partial charge in [-0.3, -0.25) is 0 Å². The summed E-state index contributed by atoms with van der Waals surface area (Å²) in [6, 6.07) is 6.33. The zero-order valence-electron chi connectivity index (χ0n) is 8.95. The molecule has 1 fully saturated rings. The van der Waals surface area contributed by atoms with Crippen LogP contribution >= 0.6 is 0 Å². The summed E-state index contributed by atoms with van der Waals surface area (Å²) in [6.07, 6.45) is 5.04. The lowest BCUT2D eigenvalue weighted by molar-refractivity contribution is 0.750. The summed E-state index contributed by atoms with van der Waals surface area (Å²) in [5.41, 5.74) is 1.58. The minimum absolute atomic E-state index is 0.547. The second-order valence-corrected chi connectivity index (χ2v) is 4.12. The van der Waals surface area contributed by atoms with Gasteiger partial charge in [-0.05, 0) is 31.9 Å². The van der Waals surface area contributed by atoms with E-state index in [1.165, 1.54) is 25.7 Å². The molecule has 1 heterocycles. The first-order chi connectivity index (χ1) is 7.28. The van der Waals surface area contributed by atoms with Crippen molar-refractivity contribution in [2.24, 2.45) is 0 Å². The Hall–Kier alpha value is -1.56. The van der Waals surface area contributed by atoms with Crippen molar-refractivity contribution in [2.45, 2.75) is 38.6 Å².